The molecule has 1 N–H and O–H groups in total. The SMILES string of the molecule is C[C@H]1CCCN(Cc2cc3c(c(C(F)(F)F)c2)CN(c2cc(C4(Cc5nncn5C)COC4)cc(NCCC#N)n2)C3)C1. The van der Waals surface area contributed by atoms with Crippen molar-refractivity contribution in [1.82, 2.24) is 24.6 Å². The number of pyridine rings is 1. The van der Waals surface area contributed by atoms with Gasteiger partial charge in [0.2, 0.25) is 0 Å². The third kappa shape index (κ3) is 6.19. The van der Waals surface area contributed by atoms with Crippen LogP contribution in [0.1, 0.15) is 59.8 Å². The average Bonchev–Trinajstić information content (AvgIpc) is 3.55. The van der Waals surface area contributed by atoms with Gasteiger partial charge in [-0.1, -0.05) is 13.0 Å². The van der Waals surface area contributed by atoms with Crippen molar-refractivity contribution in [2.75, 3.05) is 43.1 Å². The first-order chi connectivity index (χ1) is 20.6. The number of nitrogens with zero attached hydrogens (tertiary/aromatic N) is 7. The lowest BCUT2D eigenvalue weighted by Gasteiger charge is -2.42. The van der Waals surface area contributed by atoms with E-state index in [1.165, 1.54) is 6.07 Å². The van der Waals surface area contributed by atoms with Crippen LogP contribution in [0.15, 0.2) is 30.6 Å². The molecule has 0 saturated carbocycles. The van der Waals surface area contributed by atoms with Crippen LogP contribution in [-0.2, 0) is 49.4 Å². The number of aromatic nitrogens is 4. The van der Waals surface area contributed by atoms with Gasteiger partial charge in [0.1, 0.15) is 23.8 Å². The van der Waals surface area contributed by atoms with Crippen molar-refractivity contribution >= 4 is 11.6 Å². The van der Waals surface area contributed by atoms with Gasteiger partial charge in [0.05, 0.1) is 31.3 Å². The second-order valence-corrected chi connectivity index (χ2v) is 12.4. The van der Waals surface area contributed by atoms with Gasteiger partial charge in [-0.15, -0.1) is 10.2 Å². The van der Waals surface area contributed by atoms with E-state index in [1.54, 1.807) is 6.33 Å². The maximum absolute atomic E-state index is 14.4. The summed E-state index contributed by atoms with van der Waals surface area (Å²) in [6.45, 7) is 6.37. The molecule has 0 bridgehead atoms. The van der Waals surface area contributed by atoms with Crippen molar-refractivity contribution in [2.24, 2.45) is 13.0 Å². The number of likely N-dealkylation sites (tertiary alicyclic amines) is 1. The molecule has 0 spiro atoms. The van der Waals surface area contributed by atoms with Gasteiger partial charge in [-0.05, 0) is 65.8 Å². The van der Waals surface area contributed by atoms with Gasteiger partial charge >= 0.3 is 6.18 Å². The lowest BCUT2D eigenvalue weighted by atomic mass is 9.75. The van der Waals surface area contributed by atoms with Crippen LogP contribution < -0.4 is 10.2 Å². The number of aryl methyl sites for hydroxylation is 1. The zero-order chi connectivity index (χ0) is 30.2. The monoisotopic (exact) mass is 594 g/mol. The van der Waals surface area contributed by atoms with E-state index < -0.39 is 11.7 Å². The lowest BCUT2D eigenvalue weighted by molar-refractivity contribution is -0.138. The molecule has 1 atom stereocenters. The Morgan fingerprint density at radius 3 is 2.70 bits per heavy atom. The number of hydrogen-bond acceptors (Lipinski definition) is 8. The lowest BCUT2D eigenvalue weighted by Crippen LogP contribution is -2.49. The highest BCUT2D eigenvalue weighted by molar-refractivity contribution is 5.57. The number of hydrogen-bond donors (Lipinski definition) is 1. The van der Waals surface area contributed by atoms with Gasteiger partial charge in [0.25, 0.3) is 0 Å². The normalized spacial score (nSPS) is 20.0. The van der Waals surface area contributed by atoms with Crippen molar-refractivity contribution in [3.8, 4) is 6.07 Å². The number of rotatable bonds is 9. The highest BCUT2D eigenvalue weighted by Gasteiger charge is 2.43. The fourth-order valence-electron chi connectivity index (χ4n) is 6.58. The van der Waals surface area contributed by atoms with E-state index in [9.17, 15) is 13.2 Å². The Morgan fingerprint density at radius 1 is 1.19 bits per heavy atom. The summed E-state index contributed by atoms with van der Waals surface area (Å²) >= 11 is 0. The minimum Gasteiger partial charge on any atom is -0.379 e. The van der Waals surface area contributed by atoms with Crippen molar-refractivity contribution in [3.05, 3.63) is 64.2 Å². The summed E-state index contributed by atoms with van der Waals surface area (Å²) in [5.74, 6) is 2.55. The molecule has 9 nitrogen and oxygen atoms in total. The summed E-state index contributed by atoms with van der Waals surface area (Å²) in [4.78, 5) is 9.00. The van der Waals surface area contributed by atoms with Crippen molar-refractivity contribution < 1.29 is 17.9 Å². The Balaban J connectivity index is 1.33. The minimum absolute atomic E-state index is 0.117. The molecule has 43 heavy (non-hydrogen) atoms. The third-order valence-electron chi connectivity index (χ3n) is 8.91. The molecule has 2 aromatic heterocycles. The molecule has 6 rings (SSSR count). The largest absolute Gasteiger partial charge is 0.416 e. The van der Waals surface area contributed by atoms with E-state index in [0.717, 1.165) is 37.3 Å². The molecule has 2 saturated heterocycles. The fraction of sp³-hybridized carbons (Fsp3) is 0.548. The van der Waals surface area contributed by atoms with E-state index in [0.29, 0.717) is 79.9 Å². The first-order valence-corrected chi connectivity index (χ1v) is 14.9. The maximum Gasteiger partial charge on any atom is 0.416 e. The van der Waals surface area contributed by atoms with Crippen LogP contribution in [0.4, 0.5) is 24.8 Å². The number of ether oxygens (including phenoxy) is 1. The van der Waals surface area contributed by atoms with Crippen LogP contribution in [0.25, 0.3) is 0 Å². The van der Waals surface area contributed by atoms with Gasteiger partial charge in [0.15, 0.2) is 0 Å². The van der Waals surface area contributed by atoms with Gasteiger partial charge in [-0.2, -0.15) is 18.4 Å². The average molecular weight is 595 g/mol. The van der Waals surface area contributed by atoms with E-state index in [1.807, 2.05) is 34.7 Å². The molecule has 5 heterocycles. The molecule has 1 aromatic carbocycles. The Labute approximate surface area is 249 Å². The third-order valence-corrected chi connectivity index (χ3v) is 8.91. The molecule has 3 aliphatic heterocycles. The van der Waals surface area contributed by atoms with Crippen LogP contribution in [0.3, 0.4) is 0 Å². The summed E-state index contributed by atoms with van der Waals surface area (Å²) in [6, 6.07) is 9.37. The number of nitrogens with one attached hydrogen (secondary N) is 1. The number of anilines is 2. The number of alkyl halides is 3. The molecule has 228 valence electrons. The Kier molecular flexibility index (Phi) is 8.04. The molecule has 2 fully saturated rings. The molecule has 0 amide bonds. The summed E-state index contributed by atoms with van der Waals surface area (Å²) in [5, 5.41) is 20.6. The van der Waals surface area contributed by atoms with Crippen molar-refractivity contribution in [3.63, 3.8) is 0 Å². The molecule has 0 aliphatic carbocycles. The Bertz CT molecular complexity index is 1510. The minimum atomic E-state index is -4.45. The predicted molar refractivity (Wildman–Crippen MR) is 155 cm³/mol. The second kappa shape index (κ2) is 11.8. The van der Waals surface area contributed by atoms with Gasteiger partial charge in [0, 0.05) is 51.6 Å². The van der Waals surface area contributed by atoms with E-state index in [4.69, 9.17) is 15.0 Å². The molecule has 0 unspecified atom stereocenters. The van der Waals surface area contributed by atoms with Crippen LogP contribution >= 0.6 is 0 Å². The van der Waals surface area contributed by atoms with Crippen molar-refractivity contribution in [1.29, 1.82) is 5.26 Å². The van der Waals surface area contributed by atoms with Gasteiger partial charge < -0.3 is 19.5 Å². The highest BCUT2D eigenvalue weighted by atomic mass is 19.4. The number of fused-ring (bicyclic) bond motifs is 1. The number of benzene rings is 1. The Hall–Kier alpha value is -3.69. The molecule has 3 aromatic rings. The smallest absolute Gasteiger partial charge is 0.379 e. The summed E-state index contributed by atoms with van der Waals surface area (Å²) in [7, 11) is 1.90. The first kappa shape index (κ1) is 29.4. The standard InChI is InChI=1S/C31H37F3N8O/c1-21-5-3-8-41(14-21)15-22-9-23-16-42(17-25(23)26(10-22)31(32,33)34)28-12-24(11-27(38-28)36-7-4-6-35)30(18-43-19-30)13-29-39-37-20-40(29)2/h9-12,20-21H,3-5,7-8,13-19H2,1-2H3,(H,36,38)/t21-/m0/s1. The van der Waals surface area contributed by atoms with Gasteiger partial charge in [-0.25, -0.2) is 4.98 Å². The van der Waals surface area contributed by atoms with Crippen molar-refractivity contribution in [2.45, 2.75) is 63.8 Å². The topological polar surface area (TPSA) is 95.1 Å². The van der Waals surface area contributed by atoms with E-state index in [-0.39, 0.29) is 12.0 Å². The second-order valence-electron chi connectivity index (χ2n) is 12.4. The summed E-state index contributed by atoms with van der Waals surface area (Å²) < 4.78 is 50.8. The van der Waals surface area contributed by atoms with Gasteiger partial charge in [-0.3, -0.25) is 4.90 Å². The first-order valence-electron chi connectivity index (χ1n) is 14.9. The van der Waals surface area contributed by atoms with Crippen LogP contribution in [0.5, 0.6) is 0 Å². The summed E-state index contributed by atoms with van der Waals surface area (Å²) in [5.41, 5.74) is 1.77. The number of halogens is 3. The summed E-state index contributed by atoms with van der Waals surface area (Å²) in [6.07, 6.45) is 0.346. The highest BCUT2D eigenvalue weighted by Crippen LogP contribution is 2.42. The van der Waals surface area contributed by atoms with Crippen LogP contribution in [-0.4, -0.2) is 57.5 Å². The van der Waals surface area contributed by atoms with Crippen LogP contribution in [0, 0.1) is 17.2 Å². The zero-order valence-corrected chi connectivity index (χ0v) is 24.6. The molecule has 3 aliphatic rings. The predicted octanol–water partition coefficient (Wildman–Crippen LogP) is 4.82. The maximum atomic E-state index is 14.4. The zero-order valence-electron chi connectivity index (χ0n) is 24.6. The molecule has 0 radical (unpaired) electrons. The van der Waals surface area contributed by atoms with E-state index in [2.05, 4.69) is 33.4 Å². The molecule has 12 heteroatoms. The molecular formula is C31H37F3N8O. The number of nitriles is 1. The quantitative estimate of drug-likeness (QED) is 0.353. The molecular weight excluding hydrogens is 557 g/mol. The van der Waals surface area contributed by atoms with Crippen LogP contribution in [0.2, 0.25) is 0 Å². The fourth-order valence-corrected chi connectivity index (χ4v) is 6.58. The number of piperidine rings is 1. The van der Waals surface area contributed by atoms with E-state index >= 15 is 0 Å². The Morgan fingerprint density at radius 2 is 2.02 bits per heavy atom.